The number of rotatable bonds is 26. The summed E-state index contributed by atoms with van der Waals surface area (Å²) < 4.78 is 29.8. The second-order valence-electron chi connectivity index (χ2n) is 10.2. The summed E-state index contributed by atoms with van der Waals surface area (Å²) in [6.07, 6.45) is 22.5. The van der Waals surface area contributed by atoms with Crippen molar-refractivity contribution in [1.29, 1.82) is 0 Å². The van der Waals surface area contributed by atoms with Crippen LogP contribution < -0.4 is 11.9 Å². The number of hydrogen-bond donors (Lipinski definition) is 2. The molecule has 0 spiro atoms. The number of thioether (sulfide) groups is 1. The molecule has 0 aromatic carbocycles. The summed E-state index contributed by atoms with van der Waals surface area (Å²) in [6.45, 7) is 5.02. The number of anilines is 1. The van der Waals surface area contributed by atoms with E-state index < -0.39 is 8.25 Å². The van der Waals surface area contributed by atoms with Crippen molar-refractivity contribution in [3.05, 3.63) is 12.7 Å². The van der Waals surface area contributed by atoms with Crippen molar-refractivity contribution in [1.82, 2.24) is 25.7 Å². The van der Waals surface area contributed by atoms with Crippen LogP contribution in [0.4, 0.5) is 5.82 Å². The fourth-order valence-electron chi connectivity index (χ4n) is 4.36. The third-order valence-electron chi connectivity index (χ3n) is 6.67. The van der Waals surface area contributed by atoms with Gasteiger partial charge in [-0.2, -0.15) is 11.8 Å². The number of fused-ring (bicyclic) bond motifs is 1. The average Bonchev–Trinajstić information content (AvgIpc) is 3.33. The van der Waals surface area contributed by atoms with Gasteiger partial charge in [-0.25, -0.2) is 15.0 Å². The minimum absolute atomic E-state index is 0. The molecule has 0 fully saturated rings. The highest BCUT2D eigenvalue weighted by atomic mass is 32.2. The van der Waals surface area contributed by atoms with Crippen LogP contribution in [0.15, 0.2) is 12.7 Å². The molecule has 2 heterocycles. The number of imidazole rings is 1. The van der Waals surface area contributed by atoms with Crippen LogP contribution in [0.3, 0.4) is 0 Å². The van der Waals surface area contributed by atoms with E-state index in [0.717, 1.165) is 12.8 Å². The largest absolute Gasteiger partial charge is 0.699 e. The molecule has 5 N–H and O–H groups in total. The van der Waals surface area contributed by atoms with Gasteiger partial charge in [0.05, 0.1) is 19.0 Å². The van der Waals surface area contributed by atoms with Gasteiger partial charge < -0.3 is 21.2 Å². The van der Waals surface area contributed by atoms with Crippen molar-refractivity contribution in [3.8, 4) is 0 Å². The maximum Gasteiger partial charge on any atom is 0.699 e. The number of aromatic nitrogens is 4. The first kappa shape index (κ1) is 36.7. The van der Waals surface area contributed by atoms with Crippen molar-refractivity contribution in [2.45, 2.75) is 123 Å². The van der Waals surface area contributed by atoms with Crippen LogP contribution in [0.25, 0.3) is 11.2 Å². The van der Waals surface area contributed by atoms with Gasteiger partial charge in [-0.1, -0.05) is 88.5 Å². The lowest BCUT2D eigenvalue weighted by atomic mass is 10.1. The summed E-state index contributed by atoms with van der Waals surface area (Å²) in [7, 11) is -2.17. The lowest BCUT2D eigenvalue weighted by Crippen LogP contribution is -2.17. The van der Waals surface area contributed by atoms with Crippen LogP contribution in [0, 0.1) is 0 Å². The van der Waals surface area contributed by atoms with E-state index in [9.17, 15) is 4.57 Å². The number of ether oxygens (including phenoxy) is 1. The molecule has 12 heteroatoms. The first-order valence-corrected chi connectivity index (χ1v) is 17.2. The monoisotopic (exact) mass is 601 g/mol. The van der Waals surface area contributed by atoms with E-state index in [-0.39, 0.29) is 19.0 Å². The van der Waals surface area contributed by atoms with Crippen LogP contribution in [-0.2, 0) is 24.9 Å². The third kappa shape index (κ3) is 16.8. The molecule has 0 saturated heterocycles. The smallest absolute Gasteiger partial charge is 0.382 e. The Kier molecular flexibility index (Phi) is 22.2. The molecule has 2 atom stereocenters. The van der Waals surface area contributed by atoms with E-state index in [1.54, 1.807) is 6.33 Å². The van der Waals surface area contributed by atoms with Crippen LogP contribution >= 0.6 is 20.0 Å². The van der Waals surface area contributed by atoms with Crippen LogP contribution in [0.2, 0.25) is 0 Å². The van der Waals surface area contributed by atoms with Gasteiger partial charge in [0, 0.05) is 4.57 Å². The molecule has 0 radical (unpaired) electrons. The Bertz CT molecular complexity index is 907. The van der Waals surface area contributed by atoms with Gasteiger partial charge in [0.15, 0.2) is 11.5 Å². The Labute approximate surface area is 246 Å². The van der Waals surface area contributed by atoms with Gasteiger partial charge in [0.1, 0.15) is 18.5 Å². The lowest BCUT2D eigenvalue weighted by Gasteiger charge is -2.11. The molecule has 0 aliphatic rings. The standard InChI is InChI=1S/C28H51N5O4PS.H3N/c1-3-4-5-13-16-19-39-20-17-14-11-9-7-6-8-10-12-15-18-36-38(34)37-24-35-25(2)21-33-23-32-26-27(29)30-22-31-28(26)33;/h22-23,25H,3-21,24H2,1-2H3,(H2,29,30,31);1H3/q+1;/t25-;/m1./s1. The molecular weight excluding hydrogens is 547 g/mol. The molecule has 230 valence electrons. The maximum atomic E-state index is 11.9. The van der Waals surface area contributed by atoms with Gasteiger partial charge >= 0.3 is 8.25 Å². The van der Waals surface area contributed by atoms with E-state index >= 15 is 0 Å². The Morgan fingerprint density at radius 3 is 2.12 bits per heavy atom. The fourth-order valence-corrected chi connectivity index (χ4v) is 5.88. The normalized spacial score (nSPS) is 12.5. The second-order valence-corrected chi connectivity index (χ2v) is 12.4. The molecule has 2 aromatic rings. The highest BCUT2D eigenvalue weighted by Gasteiger charge is 2.21. The Morgan fingerprint density at radius 1 is 0.875 bits per heavy atom. The summed E-state index contributed by atoms with van der Waals surface area (Å²) in [5.74, 6) is 3.04. The van der Waals surface area contributed by atoms with Gasteiger partial charge in [0.2, 0.25) is 6.79 Å². The van der Waals surface area contributed by atoms with Crippen LogP contribution in [-0.4, -0.2) is 50.5 Å². The predicted octanol–water partition coefficient (Wildman–Crippen LogP) is 8.23. The van der Waals surface area contributed by atoms with Gasteiger partial charge in [-0.15, -0.1) is 4.52 Å². The maximum absolute atomic E-state index is 11.9. The third-order valence-corrected chi connectivity index (χ3v) is 8.53. The zero-order valence-electron chi connectivity index (χ0n) is 24.9. The number of nitrogens with zero attached hydrogens (tertiary/aromatic N) is 4. The summed E-state index contributed by atoms with van der Waals surface area (Å²) in [4.78, 5) is 12.4. The van der Waals surface area contributed by atoms with Crippen LogP contribution in [0.5, 0.6) is 0 Å². The molecule has 0 amide bonds. The van der Waals surface area contributed by atoms with Crippen LogP contribution in [0.1, 0.15) is 110 Å². The molecule has 2 aromatic heterocycles. The van der Waals surface area contributed by atoms with Crippen molar-refractivity contribution < 1.29 is 18.3 Å². The molecule has 0 aliphatic heterocycles. The average molecular weight is 602 g/mol. The van der Waals surface area contributed by atoms with E-state index in [4.69, 9.17) is 19.5 Å². The zero-order valence-corrected chi connectivity index (χ0v) is 26.6. The molecular formula is C28H54N6O4PS+. The van der Waals surface area contributed by atoms with Crippen molar-refractivity contribution in [2.75, 3.05) is 30.6 Å². The molecule has 0 saturated carbocycles. The van der Waals surface area contributed by atoms with E-state index in [1.807, 2.05) is 11.5 Å². The van der Waals surface area contributed by atoms with Crippen molar-refractivity contribution >= 4 is 37.0 Å². The predicted molar refractivity (Wildman–Crippen MR) is 167 cm³/mol. The Hall–Kier alpha value is -1.36. The van der Waals surface area contributed by atoms with Crippen molar-refractivity contribution in [2.24, 2.45) is 0 Å². The summed E-state index contributed by atoms with van der Waals surface area (Å²) in [5.41, 5.74) is 7.03. The minimum atomic E-state index is -2.17. The molecule has 0 aliphatic carbocycles. The first-order chi connectivity index (χ1) is 19.1. The quantitative estimate of drug-likeness (QED) is 0.0613. The molecule has 1 unspecified atom stereocenters. The van der Waals surface area contributed by atoms with Gasteiger partial charge in [-0.3, -0.25) is 0 Å². The Morgan fingerprint density at radius 2 is 1.48 bits per heavy atom. The summed E-state index contributed by atoms with van der Waals surface area (Å²) in [5, 5.41) is 0. The minimum Gasteiger partial charge on any atom is -0.382 e. The highest BCUT2D eigenvalue weighted by molar-refractivity contribution is 7.99. The van der Waals surface area contributed by atoms with E-state index in [2.05, 4.69) is 33.6 Å². The number of nitrogen functional groups attached to an aromatic ring is 1. The van der Waals surface area contributed by atoms with Gasteiger partial charge in [-0.05, 0) is 37.7 Å². The fraction of sp³-hybridized carbons (Fsp3) is 0.821. The second kappa shape index (κ2) is 24.3. The lowest BCUT2D eigenvalue weighted by molar-refractivity contribution is -0.0367. The van der Waals surface area contributed by atoms with E-state index in [1.165, 1.54) is 101 Å². The number of nitrogens with two attached hydrogens (primary N) is 1. The molecule has 2 rings (SSSR count). The zero-order chi connectivity index (χ0) is 28.0. The SMILES string of the molecule is CCCCCCCSCCCCCCCCCCCCO[P+](=O)OCO[C@H](C)Cn1cnc2c(N)ncnc21.N. The Balaban J connectivity index is 0.00000800. The topological polar surface area (TPSA) is 149 Å². The number of unbranched alkanes of at least 4 members (excludes halogenated alkanes) is 13. The highest BCUT2D eigenvalue weighted by Crippen LogP contribution is 2.24. The summed E-state index contributed by atoms with van der Waals surface area (Å²) >= 11 is 2.15. The molecule has 0 bridgehead atoms. The summed E-state index contributed by atoms with van der Waals surface area (Å²) in [6, 6.07) is 0. The molecule has 10 nitrogen and oxygen atoms in total. The number of hydrogen-bond acceptors (Lipinski definition) is 10. The van der Waals surface area contributed by atoms with E-state index in [0.29, 0.717) is 30.1 Å². The van der Waals surface area contributed by atoms with Crippen molar-refractivity contribution in [3.63, 3.8) is 0 Å². The first-order valence-electron chi connectivity index (χ1n) is 15.0. The molecule has 40 heavy (non-hydrogen) atoms. The van der Waals surface area contributed by atoms with Gasteiger partial charge in [0.25, 0.3) is 0 Å².